The van der Waals surface area contributed by atoms with Crippen LogP contribution < -0.4 is 0 Å². The second-order valence-electron chi connectivity index (χ2n) is 5.02. The third kappa shape index (κ3) is 2.00. The van der Waals surface area contributed by atoms with E-state index in [0.717, 1.165) is 10.8 Å². The van der Waals surface area contributed by atoms with Crippen molar-refractivity contribution >= 4 is 22.4 Å². The average Bonchev–Trinajstić information content (AvgIpc) is 3.21. The van der Waals surface area contributed by atoms with Crippen LogP contribution in [0.1, 0.15) is 23.1 Å². The summed E-state index contributed by atoms with van der Waals surface area (Å²) in [5, 5.41) is 25.5. The van der Waals surface area contributed by atoms with Crippen molar-refractivity contribution in [2.45, 2.75) is 13.8 Å². The van der Waals surface area contributed by atoms with Crippen LogP contribution in [0.4, 0.5) is 0 Å². The molecule has 4 rings (SSSR count). The Kier molecular flexibility index (Phi) is 3.15. The van der Waals surface area contributed by atoms with E-state index in [9.17, 15) is 4.79 Å². The van der Waals surface area contributed by atoms with Crippen LogP contribution >= 0.6 is 0 Å². The van der Waals surface area contributed by atoms with Crippen LogP contribution in [0, 0.1) is 6.92 Å². The van der Waals surface area contributed by atoms with Crippen LogP contribution in [0.2, 0.25) is 0 Å². The smallest absolute Gasteiger partial charge is 0.360 e. The van der Waals surface area contributed by atoms with E-state index in [1.165, 1.54) is 9.31 Å². The van der Waals surface area contributed by atoms with E-state index in [0.29, 0.717) is 17.2 Å². The number of hydrogen-bond donors (Lipinski definition) is 0. The van der Waals surface area contributed by atoms with Gasteiger partial charge in [0.15, 0.2) is 11.5 Å². The van der Waals surface area contributed by atoms with Crippen LogP contribution in [0.15, 0.2) is 24.3 Å². The van der Waals surface area contributed by atoms with Gasteiger partial charge in [0.1, 0.15) is 0 Å². The van der Waals surface area contributed by atoms with Gasteiger partial charge in [0.25, 0.3) is 0 Å². The number of rotatable bonds is 3. The van der Waals surface area contributed by atoms with Gasteiger partial charge >= 0.3 is 5.97 Å². The lowest BCUT2D eigenvalue weighted by Gasteiger charge is -2.07. The summed E-state index contributed by atoms with van der Waals surface area (Å²) >= 11 is 0. The number of ether oxygens (including phenoxy) is 1. The Morgan fingerprint density at radius 2 is 1.96 bits per heavy atom. The van der Waals surface area contributed by atoms with E-state index >= 15 is 0 Å². The lowest BCUT2D eigenvalue weighted by Crippen LogP contribution is -2.10. The molecule has 0 radical (unpaired) electrons. The molecule has 10 heteroatoms. The number of aromatic nitrogens is 8. The van der Waals surface area contributed by atoms with E-state index in [1.54, 1.807) is 13.8 Å². The Labute approximate surface area is 135 Å². The van der Waals surface area contributed by atoms with Gasteiger partial charge in [-0.15, -0.1) is 19.9 Å². The van der Waals surface area contributed by atoms with Crippen LogP contribution in [0.25, 0.3) is 22.2 Å². The molecule has 24 heavy (non-hydrogen) atoms. The predicted molar refractivity (Wildman–Crippen MR) is 81.7 cm³/mol. The van der Waals surface area contributed by atoms with Gasteiger partial charge in [0.2, 0.25) is 5.65 Å². The molecule has 120 valence electrons. The first-order valence-electron chi connectivity index (χ1n) is 7.27. The number of esters is 1. The molecule has 0 saturated carbocycles. The zero-order valence-corrected chi connectivity index (χ0v) is 12.9. The molecule has 4 aromatic rings. The minimum atomic E-state index is -0.519. The largest absolute Gasteiger partial charge is 0.461 e. The van der Waals surface area contributed by atoms with Gasteiger partial charge in [0.05, 0.1) is 12.3 Å². The van der Waals surface area contributed by atoms with Gasteiger partial charge in [-0.1, -0.05) is 29.5 Å². The monoisotopic (exact) mass is 324 g/mol. The third-order valence-electron chi connectivity index (χ3n) is 3.62. The van der Waals surface area contributed by atoms with Crippen molar-refractivity contribution in [3.05, 3.63) is 35.7 Å². The van der Waals surface area contributed by atoms with E-state index in [-0.39, 0.29) is 12.3 Å². The van der Waals surface area contributed by atoms with E-state index < -0.39 is 5.97 Å². The van der Waals surface area contributed by atoms with Crippen molar-refractivity contribution in [3.8, 4) is 5.82 Å². The van der Waals surface area contributed by atoms with E-state index in [1.807, 2.05) is 24.3 Å². The maximum absolute atomic E-state index is 11.9. The zero-order valence-electron chi connectivity index (χ0n) is 12.9. The molecule has 0 saturated heterocycles. The van der Waals surface area contributed by atoms with Crippen molar-refractivity contribution < 1.29 is 9.53 Å². The van der Waals surface area contributed by atoms with Gasteiger partial charge in [-0.25, -0.2) is 4.79 Å². The summed E-state index contributed by atoms with van der Waals surface area (Å²) in [6, 6.07) is 7.55. The maximum atomic E-state index is 11.9. The van der Waals surface area contributed by atoms with E-state index in [2.05, 4.69) is 30.9 Å². The predicted octanol–water partition coefficient (Wildman–Crippen LogP) is 0.738. The summed E-state index contributed by atoms with van der Waals surface area (Å²) in [5.41, 5.74) is 1.22. The molecular weight excluding hydrogens is 312 g/mol. The SMILES string of the molecule is CCOC(=O)c1nnn(-c2nn3nnnc3c3ccccc23)c1C. The molecule has 3 heterocycles. The molecule has 3 aromatic heterocycles. The number of carbonyl (C=O) groups excluding carboxylic acids is 1. The lowest BCUT2D eigenvalue weighted by molar-refractivity contribution is 0.0518. The molecule has 0 fully saturated rings. The number of hydrogen-bond acceptors (Lipinski definition) is 8. The number of fused-ring (bicyclic) bond motifs is 3. The number of benzene rings is 1. The first-order chi connectivity index (χ1) is 11.7. The number of tetrazole rings is 1. The fourth-order valence-corrected chi connectivity index (χ4v) is 2.50. The Morgan fingerprint density at radius 3 is 2.75 bits per heavy atom. The Hall–Kier alpha value is -3.43. The Bertz CT molecular complexity index is 1070. The first-order valence-corrected chi connectivity index (χ1v) is 7.27. The van der Waals surface area contributed by atoms with Crippen molar-refractivity contribution in [1.29, 1.82) is 0 Å². The van der Waals surface area contributed by atoms with Crippen LogP contribution in [-0.4, -0.2) is 52.8 Å². The minimum Gasteiger partial charge on any atom is -0.461 e. The Balaban J connectivity index is 1.97. The average molecular weight is 324 g/mol. The second-order valence-corrected chi connectivity index (χ2v) is 5.02. The van der Waals surface area contributed by atoms with Gasteiger partial charge < -0.3 is 4.74 Å². The molecule has 0 bridgehead atoms. The number of nitrogens with zero attached hydrogens (tertiary/aromatic N) is 8. The fourth-order valence-electron chi connectivity index (χ4n) is 2.50. The zero-order chi connectivity index (χ0) is 16.7. The topological polar surface area (TPSA) is 113 Å². The summed E-state index contributed by atoms with van der Waals surface area (Å²) in [5.74, 6) is -0.0417. The molecule has 1 aromatic carbocycles. The van der Waals surface area contributed by atoms with Crippen molar-refractivity contribution in [1.82, 2.24) is 40.2 Å². The lowest BCUT2D eigenvalue weighted by atomic mass is 10.2. The molecule has 10 nitrogen and oxygen atoms in total. The summed E-state index contributed by atoms with van der Waals surface area (Å²) in [6.07, 6.45) is 0. The van der Waals surface area contributed by atoms with Crippen molar-refractivity contribution in [2.24, 2.45) is 0 Å². The second kappa shape index (κ2) is 5.33. The van der Waals surface area contributed by atoms with Gasteiger partial charge in [0, 0.05) is 10.8 Å². The summed E-state index contributed by atoms with van der Waals surface area (Å²) in [4.78, 5) is 11.9. The van der Waals surface area contributed by atoms with Gasteiger partial charge in [-0.3, -0.25) is 0 Å². The maximum Gasteiger partial charge on any atom is 0.360 e. The standard InChI is InChI=1S/C14H12N8O2/c1-3-24-14(23)11-8(2)21(19-15-11)13-10-7-5-4-6-9(10)12-16-18-20-22(12)17-13/h4-7H,3H2,1-2H3. The van der Waals surface area contributed by atoms with E-state index in [4.69, 9.17) is 4.74 Å². The van der Waals surface area contributed by atoms with Crippen molar-refractivity contribution in [2.75, 3.05) is 6.61 Å². The highest BCUT2D eigenvalue weighted by Gasteiger charge is 2.21. The van der Waals surface area contributed by atoms with Crippen molar-refractivity contribution in [3.63, 3.8) is 0 Å². The highest BCUT2D eigenvalue weighted by molar-refractivity contribution is 5.97. The fraction of sp³-hybridized carbons (Fsp3) is 0.214. The summed E-state index contributed by atoms with van der Waals surface area (Å²) in [7, 11) is 0. The molecule has 0 atom stereocenters. The Morgan fingerprint density at radius 1 is 1.17 bits per heavy atom. The highest BCUT2D eigenvalue weighted by Crippen LogP contribution is 2.23. The molecule has 0 spiro atoms. The molecule has 0 aliphatic carbocycles. The highest BCUT2D eigenvalue weighted by atomic mass is 16.5. The van der Waals surface area contributed by atoms with Crippen LogP contribution in [-0.2, 0) is 4.74 Å². The molecule has 0 aliphatic heterocycles. The van der Waals surface area contributed by atoms with Gasteiger partial charge in [-0.05, 0) is 24.3 Å². The molecular formula is C14H12N8O2. The molecule has 0 unspecified atom stereocenters. The molecule has 0 amide bonds. The van der Waals surface area contributed by atoms with Crippen LogP contribution in [0.5, 0.6) is 0 Å². The summed E-state index contributed by atoms with van der Waals surface area (Å²) < 4.78 is 7.79. The molecule has 0 N–H and O–H groups in total. The number of carbonyl (C=O) groups is 1. The first kappa shape index (κ1) is 14.2. The van der Waals surface area contributed by atoms with Gasteiger partial charge in [-0.2, -0.15) is 4.68 Å². The summed E-state index contributed by atoms with van der Waals surface area (Å²) in [6.45, 7) is 3.73. The quantitative estimate of drug-likeness (QED) is 0.507. The normalized spacial score (nSPS) is 11.2. The minimum absolute atomic E-state index is 0.152. The van der Waals surface area contributed by atoms with Crippen LogP contribution in [0.3, 0.4) is 0 Å². The third-order valence-corrected chi connectivity index (χ3v) is 3.62. The molecule has 0 aliphatic rings.